The summed E-state index contributed by atoms with van der Waals surface area (Å²) in [7, 11) is 0. The van der Waals surface area contributed by atoms with E-state index in [0.717, 1.165) is 25.0 Å². The number of nitrogens with zero attached hydrogens (tertiary/aromatic N) is 1. The third-order valence-electron chi connectivity index (χ3n) is 2.49. The van der Waals surface area contributed by atoms with E-state index in [1.54, 1.807) is 0 Å². The van der Waals surface area contributed by atoms with Gasteiger partial charge in [0.1, 0.15) is 0 Å². The van der Waals surface area contributed by atoms with Crippen LogP contribution < -0.4 is 10.9 Å². The predicted molar refractivity (Wildman–Crippen MR) is 77.5 cm³/mol. The van der Waals surface area contributed by atoms with Crippen molar-refractivity contribution in [2.24, 2.45) is 0 Å². The lowest BCUT2D eigenvalue weighted by molar-refractivity contribution is -0.120. The normalized spacial score (nSPS) is 12.2. The van der Waals surface area contributed by atoms with Gasteiger partial charge in [-0.25, -0.2) is 4.98 Å². The zero-order chi connectivity index (χ0) is 14.3. The van der Waals surface area contributed by atoms with Gasteiger partial charge in [-0.05, 0) is 19.8 Å². The summed E-state index contributed by atoms with van der Waals surface area (Å²) in [6, 6.07) is 1.51. The average Bonchev–Trinajstić information content (AvgIpc) is 2.35. The van der Waals surface area contributed by atoms with Crippen molar-refractivity contribution in [3.63, 3.8) is 0 Å². The molecular weight excluding hydrogens is 262 g/mol. The molecule has 0 aliphatic rings. The number of aryl methyl sites for hydroxylation is 1. The molecule has 0 aromatic carbocycles. The minimum Gasteiger partial charge on any atom is -0.355 e. The largest absolute Gasteiger partial charge is 0.355 e. The molecule has 1 aromatic heterocycles. The Morgan fingerprint density at radius 2 is 2.21 bits per heavy atom. The molecule has 0 radical (unpaired) electrons. The van der Waals surface area contributed by atoms with Gasteiger partial charge in [0, 0.05) is 18.3 Å². The zero-order valence-corrected chi connectivity index (χ0v) is 12.5. The maximum atomic E-state index is 11.8. The third kappa shape index (κ3) is 5.46. The van der Waals surface area contributed by atoms with E-state index in [-0.39, 0.29) is 16.7 Å². The number of amides is 1. The number of nitrogens with one attached hydrogen (secondary N) is 2. The van der Waals surface area contributed by atoms with E-state index in [0.29, 0.717) is 11.7 Å². The maximum Gasteiger partial charge on any atom is 0.251 e. The molecule has 1 heterocycles. The molecule has 2 N–H and O–H groups in total. The molecule has 0 spiro atoms. The molecule has 0 aliphatic carbocycles. The fourth-order valence-electron chi connectivity index (χ4n) is 1.54. The molecule has 0 fully saturated rings. The van der Waals surface area contributed by atoms with Crippen molar-refractivity contribution >= 4 is 17.7 Å². The standard InChI is InChI=1S/C13H21N3O2S/c1-4-6-10-8-11(17)16-13(15-10)19-9(3)12(18)14-7-5-2/h8-9H,4-7H2,1-3H3,(H,14,18)(H,15,16,17)/t9-/m0/s1. The topological polar surface area (TPSA) is 74.8 Å². The Hall–Kier alpha value is -1.30. The Morgan fingerprint density at radius 3 is 2.84 bits per heavy atom. The van der Waals surface area contributed by atoms with Crippen LogP contribution in [0.3, 0.4) is 0 Å². The molecule has 0 saturated heterocycles. The van der Waals surface area contributed by atoms with Crippen LogP contribution in [0.5, 0.6) is 0 Å². The summed E-state index contributed by atoms with van der Waals surface area (Å²) in [5.41, 5.74) is 0.608. The first kappa shape index (κ1) is 15.8. The molecule has 19 heavy (non-hydrogen) atoms. The highest BCUT2D eigenvalue weighted by Gasteiger charge is 2.15. The summed E-state index contributed by atoms with van der Waals surface area (Å²) < 4.78 is 0. The lowest BCUT2D eigenvalue weighted by Gasteiger charge is -2.11. The highest BCUT2D eigenvalue weighted by molar-refractivity contribution is 8.00. The summed E-state index contributed by atoms with van der Waals surface area (Å²) >= 11 is 1.28. The molecule has 1 rings (SSSR count). The van der Waals surface area contributed by atoms with Gasteiger partial charge in [-0.1, -0.05) is 32.0 Å². The number of hydrogen-bond acceptors (Lipinski definition) is 4. The number of aromatic nitrogens is 2. The van der Waals surface area contributed by atoms with Gasteiger partial charge in [0.15, 0.2) is 5.16 Å². The molecule has 0 aliphatic heterocycles. The number of carbonyl (C=O) groups is 1. The third-order valence-corrected chi connectivity index (χ3v) is 3.47. The second-order valence-electron chi connectivity index (χ2n) is 4.34. The number of hydrogen-bond donors (Lipinski definition) is 2. The molecule has 106 valence electrons. The fraction of sp³-hybridized carbons (Fsp3) is 0.615. The van der Waals surface area contributed by atoms with Crippen LogP contribution in [0.15, 0.2) is 16.0 Å². The first-order valence-electron chi connectivity index (χ1n) is 6.61. The lowest BCUT2D eigenvalue weighted by Crippen LogP contribution is -2.31. The highest BCUT2D eigenvalue weighted by Crippen LogP contribution is 2.18. The zero-order valence-electron chi connectivity index (χ0n) is 11.7. The summed E-state index contributed by atoms with van der Waals surface area (Å²) in [4.78, 5) is 30.3. The van der Waals surface area contributed by atoms with Crippen LogP contribution in [0.25, 0.3) is 0 Å². The summed E-state index contributed by atoms with van der Waals surface area (Å²) in [5.74, 6) is -0.0320. The molecule has 1 atom stereocenters. The summed E-state index contributed by atoms with van der Waals surface area (Å²) in [5, 5.41) is 3.06. The van der Waals surface area contributed by atoms with Crippen LogP contribution in [0, 0.1) is 0 Å². The van der Waals surface area contributed by atoms with Crippen molar-refractivity contribution in [1.29, 1.82) is 0 Å². The van der Waals surface area contributed by atoms with Crippen molar-refractivity contribution < 1.29 is 4.79 Å². The monoisotopic (exact) mass is 283 g/mol. The summed E-state index contributed by atoms with van der Waals surface area (Å²) in [6.45, 7) is 6.52. The number of H-pyrrole nitrogens is 1. The van der Waals surface area contributed by atoms with E-state index in [2.05, 4.69) is 15.3 Å². The van der Waals surface area contributed by atoms with Crippen molar-refractivity contribution in [3.05, 3.63) is 22.1 Å². The van der Waals surface area contributed by atoms with Crippen molar-refractivity contribution in [2.45, 2.75) is 50.4 Å². The van der Waals surface area contributed by atoms with Crippen LogP contribution in [0.4, 0.5) is 0 Å². The average molecular weight is 283 g/mol. The van der Waals surface area contributed by atoms with Crippen LogP contribution in [-0.4, -0.2) is 27.7 Å². The second kappa shape index (κ2) is 7.99. The van der Waals surface area contributed by atoms with Crippen LogP contribution in [0.1, 0.15) is 39.3 Å². The van der Waals surface area contributed by atoms with E-state index in [1.165, 1.54) is 17.8 Å². The van der Waals surface area contributed by atoms with Crippen molar-refractivity contribution in [3.8, 4) is 0 Å². The Morgan fingerprint density at radius 1 is 1.47 bits per heavy atom. The van der Waals surface area contributed by atoms with Gasteiger partial charge in [0.05, 0.1) is 5.25 Å². The second-order valence-corrected chi connectivity index (χ2v) is 5.67. The van der Waals surface area contributed by atoms with Gasteiger partial charge in [0.25, 0.3) is 5.56 Å². The minimum atomic E-state index is -0.272. The fourth-order valence-corrected chi connectivity index (χ4v) is 2.39. The SMILES string of the molecule is CCCNC(=O)[C@H](C)Sc1nc(CCC)cc(=O)[nH]1. The lowest BCUT2D eigenvalue weighted by atomic mass is 10.2. The van der Waals surface area contributed by atoms with E-state index in [1.807, 2.05) is 20.8 Å². The summed E-state index contributed by atoms with van der Waals surface area (Å²) in [6.07, 6.45) is 2.62. The van der Waals surface area contributed by atoms with E-state index >= 15 is 0 Å². The van der Waals surface area contributed by atoms with Gasteiger partial charge in [-0.15, -0.1) is 0 Å². The van der Waals surface area contributed by atoms with Crippen molar-refractivity contribution in [2.75, 3.05) is 6.54 Å². The maximum absolute atomic E-state index is 11.8. The van der Waals surface area contributed by atoms with Gasteiger partial charge in [0.2, 0.25) is 5.91 Å². The molecule has 0 bridgehead atoms. The van der Waals surface area contributed by atoms with Crippen molar-refractivity contribution in [1.82, 2.24) is 15.3 Å². The quantitative estimate of drug-likeness (QED) is 0.590. The molecule has 0 unspecified atom stereocenters. The molecule has 1 aromatic rings. The van der Waals surface area contributed by atoms with Gasteiger partial charge < -0.3 is 10.3 Å². The Labute approximate surface area is 117 Å². The highest BCUT2D eigenvalue weighted by atomic mass is 32.2. The molecule has 5 nitrogen and oxygen atoms in total. The van der Waals surface area contributed by atoms with Crippen LogP contribution >= 0.6 is 11.8 Å². The van der Waals surface area contributed by atoms with Gasteiger partial charge in [-0.2, -0.15) is 0 Å². The van der Waals surface area contributed by atoms with E-state index in [4.69, 9.17) is 0 Å². The first-order chi connectivity index (χ1) is 9.06. The molecule has 6 heteroatoms. The Balaban J connectivity index is 2.70. The number of thioether (sulfide) groups is 1. The van der Waals surface area contributed by atoms with Gasteiger partial charge in [-0.3, -0.25) is 9.59 Å². The molecular formula is C13H21N3O2S. The minimum absolute atomic E-state index is 0.0320. The smallest absolute Gasteiger partial charge is 0.251 e. The van der Waals surface area contributed by atoms with E-state index < -0.39 is 0 Å². The first-order valence-corrected chi connectivity index (χ1v) is 7.49. The Bertz CT molecular complexity index is 473. The number of aromatic amines is 1. The number of rotatable bonds is 7. The Kier molecular flexibility index (Phi) is 6.62. The number of carbonyl (C=O) groups excluding carboxylic acids is 1. The van der Waals surface area contributed by atoms with Crippen LogP contribution in [-0.2, 0) is 11.2 Å². The van der Waals surface area contributed by atoms with Crippen LogP contribution in [0.2, 0.25) is 0 Å². The van der Waals surface area contributed by atoms with E-state index in [9.17, 15) is 9.59 Å². The predicted octanol–water partition coefficient (Wildman–Crippen LogP) is 1.73. The molecule has 0 saturated carbocycles. The van der Waals surface area contributed by atoms with Gasteiger partial charge >= 0.3 is 0 Å². The molecule has 1 amide bonds.